The highest BCUT2D eigenvalue weighted by atomic mass is 19.1. The third kappa shape index (κ3) is 4.00. The van der Waals surface area contributed by atoms with E-state index in [1.54, 1.807) is 6.07 Å². The van der Waals surface area contributed by atoms with Crippen LogP contribution in [0.2, 0.25) is 0 Å². The second kappa shape index (κ2) is 9.85. The topological polar surface area (TPSA) is 25.8 Å². The van der Waals surface area contributed by atoms with E-state index in [-0.39, 0.29) is 5.82 Å². The van der Waals surface area contributed by atoms with Crippen molar-refractivity contribution in [2.45, 2.75) is 13.8 Å². The molecule has 8 rings (SSSR count). The van der Waals surface area contributed by atoms with Crippen molar-refractivity contribution in [2.75, 3.05) is 0 Å². The summed E-state index contributed by atoms with van der Waals surface area (Å²) in [5.74, 6) is -0.291. The number of nitrogens with zero attached hydrogens (tertiary/aromatic N) is 2. The molecule has 6 aromatic carbocycles. The number of aryl methyl sites for hydroxylation is 2. The summed E-state index contributed by atoms with van der Waals surface area (Å²) in [4.78, 5) is 10.5. The van der Waals surface area contributed by atoms with E-state index in [0.717, 1.165) is 77.2 Å². The highest BCUT2D eigenvalue weighted by molar-refractivity contribution is 6.25. The summed E-state index contributed by atoms with van der Waals surface area (Å²) in [7, 11) is 0. The standard InChI is InChI=1S/C40H27FN2/c1-24-35-31-20-18-29(26-12-6-3-7-13-26)22-33(31)42-39(27-14-8-4-9-15-27)37(35)25(2)36-32-21-19-30(41)23-34(32)43-40(38(24)36)28-16-10-5-11-17-28/h3-23H,1-2H3. The van der Waals surface area contributed by atoms with E-state index in [1.807, 2.05) is 36.4 Å². The molecule has 2 aromatic heterocycles. The molecule has 8 aromatic rings. The fraction of sp³-hybridized carbons (Fsp3) is 0.0500. The normalized spacial score (nSPS) is 11.6. The lowest BCUT2D eigenvalue weighted by Crippen LogP contribution is -1.99. The van der Waals surface area contributed by atoms with Crippen LogP contribution in [-0.4, -0.2) is 9.97 Å². The van der Waals surface area contributed by atoms with Crippen LogP contribution in [0.15, 0.2) is 127 Å². The molecule has 0 aliphatic carbocycles. The third-order valence-electron chi connectivity index (χ3n) is 8.64. The molecular weight excluding hydrogens is 527 g/mol. The molecule has 204 valence electrons. The Kier molecular flexibility index (Phi) is 5.80. The number of aromatic nitrogens is 2. The highest BCUT2D eigenvalue weighted by Crippen LogP contribution is 2.45. The number of fused-ring (bicyclic) bond motifs is 6. The summed E-state index contributed by atoms with van der Waals surface area (Å²) in [5, 5.41) is 6.52. The van der Waals surface area contributed by atoms with Gasteiger partial charge in [0.25, 0.3) is 0 Å². The Labute approximate surface area is 249 Å². The number of rotatable bonds is 3. The summed E-state index contributed by atoms with van der Waals surface area (Å²) in [5.41, 5.74) is 10.0. The number of hydrogen-bond acceptors (Lipinski definition) is 2. The zero-order valence-corrected chi connectivity index (χ0v) is 23.9. The minimum Gasteiger partial charge on any atom is -0.247 e. The van der Waals surface area contributed by atoms with E-state index in [0.29, 0.717) is 5.52 Å². The molecule has 0 N–H and O–H groups in total. The lowest BCUT2D eigenvalue weighted by molar-refractivity contribution is 0.629. The van der Waals surface area contributed by atoms with Gasteiger partial charge in [-0.2, -0.15) is 0 Å². The fourth-order valence-corrected chi connectivity index (χ4v) is 6.68. The van der Waals surface area contributed by atoms with Crippen molar-refractivity contribution in [1.82, 2.24) is 9.97 Å². The van der Waals surface area contributed by atoms with Gasteiger partial charge < -0.3 is 0 Å². The van der Waals surface area contributed by atoms with Gasteiger partial charge in [0.15, 0.2) is 0 Å². The molecule has 2 heterocycles. The number of pyridine rings is 2. The molecule has 0 fully saturated rings. The van der Waals surface area contributed by atoms with Crippen LogP contribution >= 0.6 is 0 Å². The molecule has 3 heteroatoms. The number of halogens is 1. The van der Waals surface area contributed by atoms with Crippen molar-refractivity contribution in [1.29, 1.82) is 0 Å². The van der Waals surface area contributed by atoms with E-state index in [9.17, 15) is 4.39 Å². The Bertz CT molecular complexity index is 2350. The van der Waals surface area contributed by atoms with Crippen LogP contribution in [0.3, 0.4) is 0 Å². The first-order valence-corrected chi connectivity index (χ1v) is 14.5. The maximum absolute atomic E-state index is 14.6. The van der Waals surface area contributed by atoms with Gasteiger partial charge in [-0.3, -0.25) is 0 Å². The molecule has 0 radical (unpaired) electrons. The summed E-state index contributed by atoms with van der Waals surface area (Å²) < 4.78 is 14.6. The van der Waals surface area contributed by atoms with Crippen molar-refractivity contribution in [2.24, 2.45) is 0 Å². The van der Waals surface area contributed by atoms with Crippen LogP contribution in [0.1, 0.15) is 11.1 Å². The van der Waals surface area contributed by atoms with Crippen molar-refractivity contribution in [3.05, 3.63) is 144 Å². The fourth-order valence-electron chi connectivity index (χ4n) is 6.68. The van der Waals surface area contributed by atoms with E-state index < -0.39 is 0 Å². The molecule has 0 bridgehead atoms. The Morgan fingerprint density at radius 2 is 0.860 bits per heavy atom. The van der Waals surface area contributed by atoms with E-state index >= 15 is 0 Å². The molecular formula is C40H27FN2. The van der Waals surface area contributed by atoms with Gasteiger partial charge in [-0.1, -0.05) is 103 Å². The molecule has 0 saturated carbocycles. The van der Waals surface area contributed by atoms with Crippen molar-refractivity contribution < 1.29 is 4.39 Å². The molecule has 0 spiro atoms. The highest BCUT2D eigenvalue weighted by Gasteiger charge is 2.22. The molecule has 0 amide bonds. The first-order chi connectivity index (χ1) is 21.1. The lowest BCUT2D eigenvalue weighted by Gasteiger charge is -2.21. The quantitative estimate of drug-likeness (QED) is 0.160. The second-order valence-corrected chi connectivity index (χ2v) is 11.2. The van der Waals surface area contributed by atoms with Crippen LogP contribution in [0, 0.1) is 19.7 Å². The lowest BCUT2D eigenvalue weighted by atomic mass is 9.85. The largest absolute Gasteiger partial charge is 0.247 e. The minimum absolute atomic E-state index is 0.291. The molecule has 0 aliphatic rings. The molecule has 0 saturated heterocycles. The summed E-state index contributed by atoms with van der Waals surface area (Å²) in [6.07, 6.45) is 0. The zero-order valence-electron chi connectivity index (χ0n) is 23.9. The van der Waals surface area contributed by atoms with Crippen molar-refractivity contribution in [3.8, 4) is 33.6 Å². The Morgan fingerprint density at radius 1 is 0.419 bits per heavy atom. The Balaban J connectivity index is 1.61. The Hall–Kier alpha value is -5.41. The summed E-state index contributed by atoms with van der Waals surface area (Å²) in [6, 6.07) is 42.6. The van der Waals surface area contributed by atoms with Crippen molar-refractivity contribution >= 4 is 43.4 Å². The van der Waals surface area contributed by atoms with Gasteiger partial charge in [0.2, 0.25) is 0 Å². The maximum atomic E-state index is 14.6. The predicted molar refractivity (Wildman–Crippen MR) is 178 cm³/mol. The molecule has 0 aliphatic heterocycles. The van der Waals surface area contributed by atoms with Gasteiger partial charge in [-0.15, -0.1) is 0 Å². The Morgan fingerprint density at radius 3 is 1.37 bits per heavy atom. The maximum Gasteiger partial charge on any atom is 0.125 e. The van der Waals surface area contributed by atoms with E-state index in [2.05, 4.69) is 92.7 Å². The second-order valence-electron chi connectivity index (χ2n) is 11.2. The van der Waals surface area contributed by atoms with Crippen LogP contribution in [0.25, 0.3) is 77.0 Å². The van der Waals surface area contributed by atoms with Gasteiger partial charge >= 0.3 is 0 Å². The van der Waals surface area contributed by atoms with E-state index in [4.69, 9.17) is 9.97 Å². The van der Waals surface area contributed by atoms with Gasteiger partial charge in [0.05, 0.1) is 22.4 Å². The third-order valence-corrected chi connectivity index (χ3v) is 8.64. The average Bonchev–Trinajstić information content (AvgIpc) is 3.06. The summed E-state index contributed by atoms with van der Waals surface area (Å²) in [6.45, 7) is 4.38. The number of hydrogen-bond donors (Lipinski definition) is 0. The van der Waals surface area contributed by atoms with Crippen LogP contribution in [0.4, 0.5) is 4.39 Å². The van der Waals surface area contributed by atoms with Crippen LogP contribution in [-0.2, 0) is 0 Å². The van der Waals surface area contributed by atoms with Crippen molar-refractivity contribution in [3.63, 3.8) is 0 Å². The first-order valence-electron chi connectivity index (χ1n) is 14.5. The van der Waals surface area contributed by atoms with Gasteiger partial charge in [0.1, 0.15) is 5.82 Å². The van der Waals surface area contributed by atoms with Gasteiger partial charge in [-0.05, 0) is 65.1 Å². The molecule has 2 nitrogen and oxygen atoms in total. The molecule has 0 unspecified atom stereocenters. The van der Waals surface area contributed by atoms with Gasteiger partial charge in [-0.25, -0.2) is 14.4 Å². The van der Waals surface area contributed by atoms with Crippen LogP contribution < -0.4 is 0 Å². The monoisotopic (exact) mass is 554 g/mol. The smallest absolute Gasteiger partial charge is 0.125 e. The summed E-state index contributed by atoms with van der Waals surface area (Å²) >= 11 is 0. The zero-order chi connectivity index (χ0) is 29.1. The first kappa shape index (κ1) is 25.3. The minimum atomic E-state index is -0.291. The average molecular weight is 555 g/mol. The molecule has 43 heavy (non-hydrogen) atoms. The van der Waals surface area contributed by atoms with Gasteiger partial charge in [0, 0.05) is 38.7 Å². The van der Waals surface area contributed by atoms with E-state index in [1.165, 1.54) is 11.5 Å². The number of benzene rings is 6. The SMILES string of the molecule is Cc1c2c(-c3ccccc3)nc3cc(-c4ccccc4)ccc3c2c(C)c2c(-c3ccccc3)nc3cc(F)ccc3c12. The molecule has 0 atom stereocenters. The van der Waals surface area contributed by atoms with Crippen LogP contribution in [0.5, 0.6) is 0 Å². The predicted octanol–water partition coefficient (Wildman–Crippen LogP) is 10.8.